The van der Waals surface area contributed by atoms with Gasteiger partial charge in [-0.05, 0) is 18.6 Å². The van der Waals surface area contributed by atoms with Crippen LogP contribution in [0.5, 0.6) is 0 Å². The predicted octanol–water partition coefficient (Wildman–Crippen LogP) is 1.89. The molecular weight excluding hydrogens is 351 g/mol. The fraction of sp³-hybridized carbons (Fsp3) is 0.421. The van der Waals surface area contributed by atoms with Crippen molar-refractivity contribution in [1.29, 1.82) is 0 Å². The van der Waals surface area contributed by atoms with Gasteiger partial charge in [0.1, 0.15) is 5.82 Å². The van der Waals surface area contributed by atoms with Crippen LogP contribution < -0.4 is 10.2 Å². The van der Waals surface area contributed by atoms with Crippen molar-refractivity contribution in [2.45, 2.75) is 6.42 Å². The van der Waals surface area contributed by atoms with Crippen molar-refractivity contribution in [3.05, 3.63) is 41.8 Å². The molecule has 1 fully saturated rings. The fourth-order valence-electron chi connectivity index (χ4n) is 2.83. The Morgan fingerprint density at radius 3 is 2.85 bits per heavy atom. The number of aromatic nitrogens is 2. The molecular formula is C19H23FN4O3. The van der Waals surface area contributed by atoms with Crippen LogP contribution in [-0.2, 0) is 9.47 Å². The summed E-state index contributed by atoms with van der Waals surface area (Å²) < 4.78 is 24.7. The van der Waals surface area contributed by atoms with Crippen LogP contribution in [0.1, 0.15) is 16.8 Å². The summed E-state index contributed by atoms with van der Waals surface area (Å²) in [6.07, 6.45) is 2.15. The number of carbonyl (C=O) groups is 1. The molecule has 27 heavy (non-hydrogen) atoms. The lowest BCUT2D eigenvalue weighted by Gasteiger charge is -2.27. The van der Waals surface area contributed by atoms with Gasteiger partial charge in [0.2, 0.25) is 5.95 Å². The second-order valence-corrected chi connectivity index (χ2v) is 6.11. The number of anilines is 1. The highest BCUT2D eigenvalue weighted by atomic mass is 19.1. The molecule has 1 aliphatic rings. The molecule has 0 saturated carbocycles. The first-order chi connectivity index (χ1) is 13.2. The van der Waals surface area contributed by atoms with E-state index in [0.29, 0.717) is 51.8 Å². The summed E-state index contributed by atoms with van der Waals surface area (Å²) in [5.74, 6) is -0.303. The summed E-state index contributed by atoms with van der Waals surface area (Å²) in [4.78, 5) is 23.4. The molecule has 0 radical (unpaired) electrons. The van der Waals surface area contributed by atoms with Crippen LogP contribution in [-0.4, -0.2) is 62.4 Å². The van der Waals surface area contributed by atoms with Crippen molar-refractivity contribution >= 4 is 11.9 Å². The molecule has 8 heteroatoms. The highest BCUT2D eigenvalue weighted by molar-refractivity contribution is 5.99. The van der Waals surface area contributed by atoms with Crippen molar-refractivity contribution < 1.29 is 18.7 Å². The number of morpholine rings is 1. The SMILES string of the molecule is COCCCNC(=O)c1cnc(N2CCOCC2)nc1-c1ccccc1F. The van der Waals surface area contributed by atoms with E-state index in [1.54, 1.807) is 25.3 Å². The molecule has 1 aliphatic heterocycles. The maximum Gasteiger partial charge on any atom is 0.255 e. The smallest absolute Gasteiger partial charge is 0.255 e. The van der Waals surface area contributed by atoms with E-state index < -0.39 is 5.82 Å². The molecule has 0 unspecified atom stereocenters. The minimum atomic E-state index is -0.433. The molecule has 0 aliphatic carbocycles. The molecule has 144 valence electrons. The first-order valence-corrected chi connectivity index (χ1v) is 8.92. The van der Waals surface area contributed by atoms with Gasteiger partial charge in [-0.15, -0.1) is 0 Å². The third kappa shape index (κ3) is 4.78. The molecule has 1 aromatic heterocycles. The quantitative estimate of drug-likeness (QED) is 0.746. The molecule has 0 spiro atoms. The van der Waals surface area contributed by atoms with E-state index in [2.05, 4.69) is 15.3 Å². The summed E-state index contributed by atoms with van der Waals surface area (Å²) in [6, 6.07) is 6.29. The number of nitrogens with one attached hydrogen (secondary N) is 1. The number of halogens is 1. The Morgan fingerprint density at radius 1 is 1.33 bits per heavy atom. The van der Waals surface area contributed by atoms with Gasteiger partial charge in [0.15, 0.2) is 0 Å². The van der Waals surface area contributed by atoms with Crippen molar-refractivity contribution in [1.82, 2.24) is 15.3 Å². The summed E-state index contributed by atoms with van der Waals surface area (Å²) >= 11 is 0. The Hall–Kier alpha value is -2.58. The number of benzene rings is 1. The summed E-state index contributed by atoms with van der Waals surface area (Å²) in [5, 5.41) is 2.81. The lowest BCUT2D eigenvalue weighted by Crippen LogP contribution is -2.37. The van der Waals surface area contributed by atoms with Gasteiger partial charge in [-0.25, -0.2) is 14.4 Å². The standard InChI is InChI=1S/C19H23FN4O3/c1-26-10-4-7-21-18(25)15-13-22-19(24-8-11-27-12-9-24)23-17(15)14-5-2-3-6-16(14)20/h2-3,5-6,13H,4,7-12H2,1H3,(H,21,25). The van der Waals surface area contributed by atoms with Gasteiger partial charge >= 0.3 is 0 Å². The molecule has 1 aromatic carbocycles. The maximum atomic E-state index is 14.4. The normalized spacial score (nSPS) is 14.2. The van der Waals surface area contributed by atoms with Crippen LogP contribution in [0.2, 0.25) is 0 Å². The number of hydrogen-bond acceptors (Lipinski definition) is 6. The third-order valence-electron chi connectivity index (χ3n) is 4.25. The topological polar surface area (TPSA) is 76.6 Å². The van der Waals surface area contributed by atoms with Crippen LogP contribution in [0, 0.1) is 5.82 Å². The fourth-order valence-corrected chi connectivity index (χ4v) is 2.83. The minimum absolute atomic E-state index is 0.245. The number of amides is 1. The van der Waals surface area contributed by atoms with Crippen molar-refractivity contribution in [2.75, 3.05) is 51.5 Å². The summed E-state index contributed by atoms with van der Waals surface area (Å²) in [7, 11) is 1.61. The molecule has 3 rings (SSSR count). The lowest BCUT2D eigenvalue weighted by atomic mass is 10.1. The number of methoxy groups -OCH3 is 1. The number of nitrogens with zero attached hydrogens (tertiary/aromatic N) is 3. The Morgan fingerprint density at radius 2 is 2.11 bits per heavy atom. The van der Waals surface area contributed by atoms with Gasteiger partial charge in [0.05, 0.1) is 24.5 Å². The average molecular weight is 374 g/mol. The van der Waals surface area contributed by atoms with E-state index in [4.69, 9.17) is 9.47 Å². The van der Waals surface area contributed by atoms with Crippen molar-refractivity contribution in [3.63, 3.8) is 0 Å². The number of hydrogen-bond donors (Lipinski definition) is 1. The van der Waals surface area contributed by atoms with Crippen molar-refractivity contribution in [2.24, 2.45) is 0 Å². The van der Waals surface area contributed by atoms with Crippen LogP contribution in [0.25, 0.3) is 11.3 Å². The zero-order chi connectivity index (χ0) is 19.1. The zero-order valence-electron chi connectivity index (χ0n) is 15.3. The van der Waals surface area contributed by atoms with E-state index in [-0.39, 0.29) is 22.7 Å². The van der Waals surface area contributed by atoms with E-state index >= 15 is 0 Å². The van der Waals surface area contributed by atoms with Crippen LogP contribution in [0.3, 0.4) is 0 Å². The molecule has 0 bridgehead atoms. The van der Waals surface area contributed by atoms with Gasteiger partial charge in [0, 0.05) is 45.1 Å². The Balaban J connectivity index is 1.92. The molecule has 2 heterocycles. The second kappa shape index (κ2) is 9.38. The lowest BCUT2D eigenvalue weighted by molar-refractivity contribution is 0.0948. The van der Waals surface area contributed by atoms with E-state index in [9.17, 15) is 9.18 Å². The molecule has 1 amide bonds. The van der Waals surface area contributed by atoms with Gasteiger partial charge in [-0.1, -0.05) is 12.1 Å². The number of carbonyl (C=O) groups excluding carboxylic acids is 1. The van der Waals surface area contributed by atoms with Gasteiger partial charge in [-0.2, -0.15) is 0 Å². The Labute approximate surface area is 157 Å². The van der Waals surface area contributed by atoms with E-state index in [1.807, 2.05) is 4.90 Å². The van der Waals surface area contributed by atoms with Crippen LogP contribution >= 0.6 is 0 Å². The minimum Gasteiger partial charge on any atom is -0.385 e. The maximum absolute atomic E-state index is 14.4. The molecule has 1 saturated heterocycles. The Kier molecular flexibility index (Phi) is 6.67. The largest absolute Gasteiger partial charge is 0.385 e. The number of rotatable bonds is 7. The molecule has 7 nitrogen and oxygen atoms in total. The summed E-state index contributed by atoms with van der Waals surface area (Å²) in [5.41, 5.74) is 0.805. The zero-order valence-corrected chi connectivity index (χ0v) is 15.3. The molecule has 2 aromatic rings. The van der Waals surface area contributed by atoms with Crippen LogP contribution in [0.4, 0.5) is 10.3 Å². The van der Waals surface area contributed by atoms with E-state index in [0.717, 1.165) is 0 Å². The van der Waals surface area contributed by atoms with Gasteiger partial charge in [-0.3, -0.25) is 4.79 Å². The first kappa shape index (κ1) is 19.2. The average Bonchev–Trinajstić information content (AvgIpc) is 2.72. The van der Waals surface area contributed by atoms with Gasteiger partial charge in [0.25, 0.3) is 5.91 Å². The van der Waals surface area contributed by atoms with Crippen molar-refractivity contribution in [3.8, 4) is 11.3 Å². The monoisotopic (exact) mass is 374 g/mol. The summed E-state index contributed by atoms with van der Waals surface area (Å²) in [6.45, 7) is 3.47. The second-order valence-electron chi connectivity index (χ2n) is 6.11. The van der Waals surface area contributed by atoms with Gasteiger partial charge < -0.3 is 19.7 Å². The highest BCUT2D eigenvalue weighted by Crippen LogP contribution is 2.26. The molecule has 0 atom stereocenters. The third-order valence-corrected chi connectivity index (χ3v) is 4.25. The van der Waals surface area contributed by atoms with Crippen LogP contribution in [0.15, 0.2) is 30.5 Å². The first-order valence-electron chi connectivity index (χ1n) is 8.92. The van der Waals surface area contributed by atoms with E-state index in [1.165, 1.54) is 12.3 Å². The Bertz CT molecular complexity index is 781. The highest BCUT2D eigenvalue weighted by Gasteiger charge is 2.21. The number of ether oxygens (including phenoxy) is 2. The predicted molar refractivity (Wildman–Crippen MR) is 99.3 cm³/mol. The molecule has 1 N–H and O–H groups in total.